The van der Waals surface area contributed by atoms with E-state index in [0.29, 0.717) is 12.0 Å². The number of nitrogens with zero attached hydrogens (tertiary/aromatic N) is 1. The second kappa shape index (κ2) is 31.5. The molecule has 10 amide bonds. The van der Waals surface area contributed by atoms with E-state index in [2.05, 4.69) is 58.2 Å². The Morgan fingerprint density at radius 3 is 1.84 bits per heavy atom. The number of carbonyl (C=O) groups excluding carboxylic acids is 10. The van der Waals surface area contributed by atoms with Crippen LogP contribution < -0.4 is 64.6 Å². The molecule has 1 unspecified atom stereocenters. The second-order valence-electron chi connectivity index (χ2n) is 19.6. The number of aliphatic imine (C=N–C) groups is 1. The van der Waals surface area contributed by atoms with Crippen molar-refractivity contribution in [1.82, 2.24) is 53.2 Å². The normalized spacial score (nSPS) is 26.9. The lowest BCUT2D eigenvalue weighted by atomic mass is 9.86. The minimum Gasteiger partial charge on any atom is -0.445 e. The van der Waals surface area contributed by atoms with Gasteiger partial charge in [-0.1, -0.05) is 87.9 Å². The van der Waals surface area contributed by atoms with Crippen molar-refractivity contribution < 1.29 is 73.1 Å². The van der Waals surface area contributed by atoms with Gasteiger partial charge in [-0.25, -0.2) is 4.79 Å². The van der Waals surface area contributed by atoms with Gasteiger partial charge in [-0.3, -0.25) is 48.1 Å². The first-order chi connectivity index (χ1) is 37.6. The molecular weight excluding hydrogens is 1030 g/mol. The van der Waals surface area contributed by atoms with Crippen LogP contribution >= 0.6 is 0 Å². The van der Waals surface area contributed by atoms with Crippen molar-refractivity contribution >= 4 is 65.2 Å². The molecule has 0 aromatic heterocycles. The lowest BCUT2D eigenvalue weighted by molar-refractivity contribution is -0.138. The highest BCUT2D eigenvalue weighted by Gasteiger charge is 2.42. The summed E-state index contributed by atoms with van der Waals surface area (Å²) in [5.74, 6) is -10.7. The first-order valence-electron chi connectivity index (χ1n) is 25.9. The molecule has 2 saturated heterocycles. The van der Waals surface area contributed by atoms with Gasteiger partial charge in [0, 0.05) is 6.54 Å². The van der Waals surface area contributed by atoms with E-state index in [9.17, 15) is 68.4 Å². The van der Waals surface area contributed by atoms with Crippen molar-refractivity contribution in [2.24, 2.45) is 28.3 Å². The summed E-state index contributed by atoms with van der Waals surface area (Å²) in [6, 6.07) is 0.820. The molecule has 0 radical (unpaired) electrons. The van der Waals surface area contributed by atoms with Gasteiger partial charge in [-0.2, -0.15) is 0 Å². The van der Waals surface area contributed by atoms with Gasteiger partial charge in [0.05, 0.1) is 38.0 Å². The number of carbonyl (C=O) groups is 10. The summed E-state index contributed by atoms with van der Waals surface area (Å²) in [6.45, 7) is 2.98. The molecule has 28 nitrogen and oxygen atoms in total. The van der Waals surface area contributed by atoms with Gasteiger partial charge in [-0.15, -0.1) is 0 Å². The highest BCUT2D eigenvalue weighted by atomic mass is 16.5. The number of alkyl carbamates (subject to hydrolysis) is 1. The van der Waals surface area contributed by atoms with Crippen molar-refractivity contribution in [3.05, 3.63) is 71.8 Å². The third-order valence-corrected chi connectivity index (χ3v) is 13.0. The molecule has 28 heteroatoms. The zero-order valence-electron chi connectivity index (χ0n) is 44.4. The summed E-state index contributed by atoms with van der Waals surface area (Å²) in [5.41, 5.74) is 11.7. The third kappa shape index (κ3) is 19.8. The van der Waals surface area contributed by atoms with Crippen molar-refractivity contribution in [3.8, 4) is 0 Å². The van der Waals surface area contributed by atoms with E-state index in [1.54, 1.807) is 57.2 Å². The maximum absolute atomic E-state index is 14.7. The van der Waals surface area contributed by atoms with E-state index in [1.165, 1.54) is 24.3 Å². The Labute approximate surface area is 456 Å². The van der Waals surface area contributed by atoms with Crippen LogP contribution in [0.25, 0.3) is 0 Å². The molecule has 0 aliphatic carbocycles. The standard InChI is InChI=1S/C51H75N13O15/c1-5-29-18-19-35(68)40-46(74)55-22-36(69)56-33(23-65)44(72)59-34(24-66)45(73)61-38(30-15-10-7-11-16-30)41(64-51(78)79-25-28-13-8-6-9-14-28)49(77)60-37(27(4)67)47(75)58-32(21-26(2)3)43(71)57-31(17-12-20-54-50(52)53)42(70)62-39(29)48(76)63-40/h6-11,13-16,26-27,29,31-35,37-41,65-68H,5,12,17-25H2,1-4H3,(H,55,74)(H,56,69)(H,57,71)(H,58,75)(H,59,72)(H,60,77)(H,61,73)(H,62,70)(H,63,76)(H,64,78)(H4,52,53,54)/t27-,29-,31-,32+,33+,34?,35+,37+,38-,39+,40+,41+/m1/s1. The van der Waals surface area contributed by atoms with E-state index in [0.717, 1.165) is 6.92 Å². The quantitative estimate of drug-likeness (QED) is 0.0480. The van der Waals surface area contributed by atoms with Crippen LogP contribution in [0.2, 0.25) is 0 Å². The fraction of sp³-hybridized carbons (Fsp3) is 0.549. The number of fused-ring (bicyclic) bond motifs is 3. The number of rotatable bonds is 14. The van der Waals surface area contributed by atoms with Crippen molar-refractivity contribution in [3.63, 3.8) is 0 Å². The van der Waals surface area contributed by atoms with Crippen LogP contribution in [0.4, 0.5) is 4.79 Å². The number of ether oxygens (including phenoxy) is 1. The largest absolute Gasteiger partial charge is 0.445 e. The highest BCUT2D eigenvalue weighted by molar-refractivity contribution is 5.99. The van der Waals surface area contributed by atoms with Crippen molar-refractivity contribution in [1.29, 1.82) is 0 Å². The van der Waals surface area contributed by atoms with E-state index in [1.807, 2.05) is 0 Å². The molecule has 4 rings (SSSR count). The molecule has 2 aliphatic heterocycles. The molecule has 0 saturated carbocycles. The fourth-order valence-electron chi connectivity index (χ4n) is 8.69. The predicted octanol–water partition coefficient (Wildman–Crippen LogP) is -4.69. The minimum absolute atomic E-state index is 0.00336. The number of hydrogen-bond acceptors (Lipinski definition) is 16. The summed E-state index contributed by atoms with van der Waals surface area (Å²) in [4.78, 5) is 144. The molecule has 18 N–H and O–H groups in total. The Morgan fingerprint density at radius 2 is 1.23 bits per heavy atom. The van der Waals surface area contributed by atoms with Crippen LogP contribution in [0, 0.1) is 11.8 Å². The molecule has 0 spiro atoms. The van der Waals surface area contributed by atoms with Gasteiger partial charge in [-0.05, 0) is 62.0 Å². The van der Waals surface area contributed by atoms with Gasteiger partial charge < -0.3 is 89.8 Å². The Balaban J connectivity index is 1.83. The SMILES string of the molecule is CC[C@@H]1CC[C@H](O)[C@@H]2NC(=O)[C@H]1NC(=O)[C@@H](CCCN=C(N)N)NC(=O)[C@H](CC(C)C)NC(=O)[C@H]([C@@H](C)O)NC(=O)[C@@H](NC(=O)OCc1ccccc1)[C@@H](c1ccccc1)NC(=O)C(CO)NC(=O)[C@H](CO)NC(=O)CNC2=O. The monoisotopic (exact) mass is 1110 g/mol. The summed E-state index contributed by atoms with van der Waals surface area (Å²) < 4.78 is 5.43. The molecule has 2 fully saturated rings. The minimum atomic E-state index is -1.95. The van der Waals surface area contributed by atoms with E-state index in [-0.39, 0.29) is 62.7 Å². The fourth-order valence-corrected chi connectivity index (χ4v) is 8.69. The first kappa shape index (κ1) is 63.6. The van der Waals surface area contributed by atoms with E-state index >= 15 is 0 Å². The van der Waals surface area contributed by atoms with Crippen molar-refractivity contribution in [2.45, 2.75) is 139 Å². The van der Waals surface area contributed by atoms with Gasteiger partial charge in [0.1, 0.15) is 54.9 Å². The van der Waals surface area contributed by atoms with Gasteiger partial charge >= 0.3 is 6.09 Å². The zero-order valence-corrected chi connectivity index (χ0v) is 44.4. The summed E-state index contributed by atoms with van der Waals surface area (Å²) in [7, 11) is 0. The molecule has 2 bridgehead atoms. The Kier molecular flexibility index (Phi) is 25.3. The molecule has 2 aromatic carbocycles. The topological polar surface area (TPSA) is 446 Å². The smallest absolute Gasteiger partial charge is 0.408 e. The third-order valence-electron chi connectivity index (χ3n) is 13.0. The van der Waals surface area contributed by atoms with E-state index in [4.69, 9.17) is 16.2 Å². The lowest BCUT2D eigenvalue weighted by Gasteiger charge is -2.34. The van der Waals surface area contributed by atoms with Crippen LogP contribution in [-0.4, -0.2) is 172 Å². The lowest BCUT2D eigenvalue weighted by Crippen LogP contribution is -2.64. The molecule has 79 heavy (non-hydrogen) atoms. The number of hydrogen-bond donors (Lipinski definition) is 16. The number of benzene rings is 2. The van der Waals surface area contributed by atoms with Crippen LogP contribution in [0.1, 0.15) is 83.4 Å². The Hall–Kier alpha value is -7.95. The highest BCUT2D eigenvalue weighted by Crippen LogP contribution is 2.23. The molecule has 2 aromatic rings. The van der Waals surface area contributed by atoms with Gasteiger partial charge in [0.15, 0.2) is 5.96 Å². The second-order valence-corrected chi connectivity index (χ2v) is 19.6. The molecule has 2 heterocycles. The molecule has 12 atom stereocenters. The number of amides is 10. The number of nitrogens with one attached hydrogen (secondary N) is 10. The number of aliphatic hydroxyl groups is 4. The molecular formula is C51H75N13O15. The first-order valence-corrected chi connectivity index (χ1v) is 25.9. The van der Waals surface area contributed by atoms with Crippen LogP contribution in [-0.2, 0) is 54.5 Å². The molecule has 434 valence electrons. The maximum Gasteiger partial charge on any atom is 0.408 e. The number of guanidine groups is 1. The summed E-state index contributed by atoms with van der Waals surface area (Å²) in [5, 5.41) is 67.1. The van der Waals surface area contributed by atoms with E-state index < -0.39 is 152 Å². The number of aliphatic hydroxyl groups excluding tert-OH is 4. The Bertz CT molecular complexity index is 2450. The van der Waals surface area contributed by atoms with Crippen molar-refractivity contribution in [2.75, 3.05) is 26.3 Å². The average Bonchev–Trinajstić information content (AvgIpc) is 3.41. The average molecular weight is 1110 g/mol. The number of nitrogens with two attached hydrogens (primary N) is 2. The van der Waals surface area contributed by atoms with Gasteiger partial charge in [0.2, 0.25) is 53.2 Å². The predicted molar refractivity (Wildman–Crippen MR) is 282 cm³/mol. The van der Waals surface area contributed by atoms with Crippen LogP contribution in [0.5, 0.6) is 0 Å². The summed E-state index contributed by atoms with van der Waals surface area (Å²) >= 11 is 0. The summed E-state index contributed by atoms with van der Waals surface area (Å²) in [6.07, 6.45) is -4.20. The van der Waals surface area contributed by atoms with Gasteiger partial charge in [0.25, 0.3) is 0 Å². The maximum atomic E-state index is 14.7. The van der Waals surface area contributed by atoms with Crippen LogP contribution in [0.15, 0.2) is 65.7 Å². The van der Waals surface area contributed by atoms with Crippen LogP contribution in [0.3, 0.4) is 0 Å². The Morgan fingerprint density at radius 1 is 0.671 bits per heavy atom. The zero-order chi connectivity index (χ0) is 58.3. The molecule has 2 aliphatic rings.